The summed E-state index contributed by atoms with van der Waals surface area (Å²) >= 11 is 0. The summed E-state index contributed by atoms with van der Waals surface area (Å²) in [7, 11) is -3.59. The molecule has 0 saturated carbocycles. The molecule has 3 rings (SSSR count). The maximum atomic E-state index is 12.6. The summed E-state index contributed by atoms with van der Waals surface area (Å²) in [6.45, 7) is 5.21. The lowest BCUT2D eigenvalue weighted by Crippen LogP contribution is -2.32. The summed E-state index contributed by atoms with van der Waals surface area (Å²) in [5, 5.41) is 15.0. The van der Waals surface area contributed by atoms with Gasteiger partial charge in [0.2, 0.25) is 15.9 Å². The number of hydrogen-bond donors (Lipinski definition) is 3. The quantitative estimate of drug-likeness (QED) is 0.417. The van der Waals surface area contributed by atoms with Crippen molar-refractivity contribution in [3.63, 3.8) is 0 Å². The molecule has 0 heterocycles. The third-order valence-electron chi connectivity index (χ3n) is 4.69. The highest BCUT2D eigenvalue weighted by Crippen LogP contribution is 2.26. The molecular weight excluding hydrogens is 452 g/mol. The molecule has 3 aromatic rings. The summed E-state index contributed by atoms with van der Waals surface area (Å²) in [6, 6.07) is 21.3. The number of nitriles is 1. The smallest absolute Gasteiger partial charge is 0.246 e. The zero-order valence-corrected chi connectivity index (χ0v) is 19.9. The number of ether oxygens (including phenoxy) is 1. The number of carbonyl (C=O) groups is 1. The Balaban J connectivity index is 1.58. The van der Waals surface area contributed by atoms with Crippen molar-refractivity contribution in [2.24, 2.45) is 0 Å². The molecular formula is C25H26N4O4S. The third-order valence-corrected chi connectivity index (χ3v) is 6.36. The number of nitrogens with zero attached hydrogens (tertiary/aromatic N) is 1. The van der Waals surface area contributed by atoms with E-state index in [1.54, 1.807) is 81.4 Å². The number of amides is 1. The summed E-state index contributed by atoms with van der Waals surface area (Å²) in [5.41, 5.74) is 1.64. The van der Waals surface area contributed by atoms with Crippen LogP contribution in [0.3, 0.4) is 0 Å². The molecule has 0 spiro atoms. The normalized spacial score (nSPS) is 12.0. The number of anilines is 2. The van der Waals surface area contributed by atoms with Crippen LogP contribution < -0.4 is 20.1 Å². The van der Waals surface area contributed by atoms with Crippen LogP contribution in [0.5, 0.6) is 11.5 Å². The lowest BCUT2D eigenvalue weighted by molar-refractivity contribution is -0.116. The van der Waals surface area contributed by atoms with Gasteiger partial charge in [-0.25, -0.2) is 13.1 Å². The number of sulfonamides is 1. The van der Waals surface area contributed by atoms with Crippen LogP contribution in [0.2, 0.25) is 0 Å². The highest BCUT2D eigenvalue weighted by atomic mass is 32.2. The van der Waals surface area contributed by atoms with E-state index in [0.717, 1.165) is 0 Å². The number of benzene rings is 3. The monoisotopic (exact) mass is 478 g/mol. The van der Waals surface area contributed by atoms with Crippen molar-refractivity contribution in [3.8, 4) is 17.6 Å². The van der Waals surface area contributed by atoms with E-state index in [0.29, 0.717) is 28.4 Å². The Morgan fingerprint density at radius 2 is 1.53 bits per heavy atom. The fourth-order valence-electron chi connectivity index (χ4n) is 3.06. The second-order valence-electron chi connectivity index (χ2n) is 7.89. The maximum absolute atomic E-state index is 12.6. The van der Waals surface area contributed by atoms with Gasteiger partial charge in [-0.1, -0.05) is 12.1 Å². The van der Waals surface area contributed by atoms with E-state index in [1.165, 1.54) is 12.1 Å². The second-order valence-corrected chi connectivity index (χ2v) is 9.60. The molecule has 0 saturated heterocycles. The molecule has 0 bridgehead atoms. The predicted octanol–water partition coefficient (Wildman–Crippen LogP) is 4.48. The minimum atomic E-state index is -3.59. The van der Waals surface area contributed by atoms with Gasteiger partial charge in [-0.05, 0) is 81.4 Å². The molecule has 8 nitrogen and oxygen atoms in total. The van der Waals surface area contributed by atoms with Crippen molar-refractivity contribution in [2.45, 2.75) is 37.8 Å². The van der Waals surface area contributed by atoms with Crippen molar-refractivity contribution in [1.82, 2.24) is 4.72 Å². The number of para-hydroxylation sites is 1. The lowest BCUT2D eigenvalue weighted by Gasteiger charge is -2.16. The van der Waals surface area contributed by atoms with Gasteiger partial charge in [-0.3, -0.25) is 4.79 Å². The molecule has 1 unspecified atom stereocenters. The van der Waals surface area contributed by atoms with E-state index in [1.807, 2.05) is 0 Å². The van der Waals surface area contributed by atoms with Gasteiger partial charge in [-0.15, -0.1) is 0 Å². The molecule has 1 amide bonds. The SMILES string of the molecule is CC(C)NS(=O)(=O)c1ccc(NC(=O)C(C)Nc2ccc(Oc3ccccc3C#N)cc2)cc1. The van der Waals surface area contributed by atoms with Crippen molar-refractivity contribution < 1.29 is 17.9 Å². The average Bonchev–Trinajstić information content (AvgIpc) is 2.80. The van der Waals surface area contributed by atoms with E-state index in [2.05, 4.69) is 21.4 Å². The Morgan fingerprint density at radius 3 is 2.15 bits per heavy atom. The molecule has 9 heteroatoms. The largest absolute Gasteiger partial charge is 0.456 e. The van der Waals surface area contributed by atoms with Crippen molar-refractivity contribution in [1.29, 1.82) is 5.26 Å². The minimum absolute atomic E-state index is 0.130. The van der Waals surface area contributed by atoms with Crippen LogP contribution in [0.1, 0.15) is 26.3 Å². The average molecular weight is 479 g/mol. The van der Waals surface area contributed by atoms with E-state index in [4.69, 9.17) is 4.74 Å². The molecule has 1 atom stereocenters. The van der Waals surface area contributed by atoms with Crippen molar-refractivity contribution in [2.75, 3.05) is 10.6 Å². The molecule has 176 valence electrons. The zero-order valence-electron chi connectivity index (χ0n) is 19.1. The Bertz CT molecular complexity index is 1280. The highest BCUT2D eigenvalue weighted by molar-refractivity contribution is 7.89. The topological polar surface area (TPSA) is 120 Å². The van der Waals surface area contributed by atoms with Gasteiger partial charge in [0.25, 0.3) is 0 Å². The van der Waals surface area contributed by atoms with Gasteiger partial charge < -0.3 is 15.4 Å². The van der Waals surface area contributed by atoms with Gasteiger partial charge in [0.15, 0.2) is 0 Å². The van der Waals surface area contributed by atoms with Crippen LogP contribution in [0, 0.1) is 11.3 Å². The van der Waals surface area contributed by atoms with Gasteiger partial charge in [0.05, 0.1) is 10.5 Å². The van der Waals surface area contributed by atoms with Gasteiger partial charge in [0.1, 0.15) is 23.6 Å². The first-order valence-corrected chi connectivity index (χ1v) is 12.1. The first kappa shape index (κ1) is 24.8. The van der Waals surface area contributed by atoms with Gasteiger partial charge in [-0.2, -0.15) is 5.26 Å². The summed E-state index contributed by atoms with van der Waals surface area (Å²) in [5.74, 6) is 0.754. The Kier molecular flexibility index (Phi) is 7.89. The van der Waals surface area contributed by atoms with E-state index < -0.39 is 16.1 Å². The first-order chi connectivity index (χ1) is 16.2. The van der Waals surface area contributed by atoms with E-state index >= 15 is 0 Å². The van der Waals surface area contributed by atoms with E-state index in [-0.39, 0.29) is 16.8 Å². The Labute approximate surface area is 199 Å². The van der Waals surface area contributed by atoms with Crippen molar-refractivity contribution in [3.05, 3.63) is 78.4 Å². The lowest BCUT2D eigenvalue weighted by atomic mass is 10.2. The summed E-state index contributed by atoms with van der Waals surface area (Å²) in [4.78, 5) is 12.7. The van der Waals surface area contributed by atoms with Gasteiger partial charge >= 0.3 is 0 Å². The fourth-order valence-corrected chi connectivity index (χ4v) is 4.31. The third kappa shape index (κ3) is 6.57. The van der Waals surface area contributed by atoms with Crippen LogP contribution in [-0.4, -0.2) is 26.4 Å². The molecule has 3 aromatic carbocycles. The molecule has 3 N–H and O–H groups in total. The minimum Gasteiger partial charge on any atom is -0.456 e. The molecule has 0 fully saturated rings. The molecule has 0 aromatic heterocycles. The molecule has 0 aliphatic heterocycles. The summed E-state index contributed by atoms with van der Waals surface area (Å²) < 4.78 is 32.7. The van der Waals surface area contributed by atoms with Crippen LogP contribution in [-0.2, 0) is 14.8 Å². The van der Waals surface area contributed by atoms with Crippen LogP contribution >= 0.6 is 0 Å². The molecule has 0 aliphatic rings. The van der Waals surface area contributed by atoms with Crippen molar-refractivity contribution >= 4 is 27.3 Å². The maximum Gasteiger partial charge on any atom is 0.246 e. The second kappa shape index (κ2) is 10.8. The number of nitrogens with one attached hydrogen (secondary N) is 3. The molecule has 34 heavy (non-hydrogen) atoms. The summed E-state index contributed by atoms with van der Waals surface area (Å²) in [6.07, 6.45) is 0. The molecule has 0 radical (unpaired) electrons. The number of carbonyl (C=O) groups excluding carboxylic acids is 1. The number of rotatable bonds is 9. The predicted molar refractivity (Wildman–Crippen MR) is 131 cm³/mol. The standard InChI is InChI=1S/C25H26N4O4S/c1-17(2)29-34(31,32)23-14-10-21(11-15-23)28-25(30)18(3)27-20-8-12-22(13-9-20)33-24-7-5-4-6-19(24)16-26/h4-15,17-18,27,29H,1-3H3,(H,28,30). The Hall–Kier alpha value is -3.87. The zero-order chi connectivity index (χ0) is 24.7. The Morgan fingerprint density at radius 1 is 0.912 bits per heavy atom. The van der Waals surface area contributed by atoms with E-state index in [9.17, 15) is 18.5 Å². The fraction of sp³-hybridized carbons (Fsp3) is 0.200. The molecule has 0 aliphatic carbocycles. The van der Waals surface area contributed by atoms with Crippen LogP contribution in [0.25, 0.3) is 0 Å². The van der Waals surface area contributed by atoms with Crippen LogP contribution in [0.4, 0.5) is 11.4 Å². The highest BCUT2D eigenvalue weighted by Gasteiger charge is 2.17. The van der Waals surface area contributed by atoms with Gasteiger partial charge in [0, 0.05) is 17.4 Å². The number of hydrogen-bond acceptors (Lipinski definition) is 6. The van der Waals surface area contributed by atoms with Crippen LogP contribution in [0.15, 0.2) is 77.7 Å². The first-order valence-electron chi connectivity index (χ1n) is 10.6.